The summed E-state index contributed by atoms with van der Waals surface area (Å²) in [5, 5.41) is 6.46. The molecule has 0 radical (unpaired) electrons. The van der Waals surface area contributed by atoms with Gasteiger partial charge in [-0.2, -0.15) is 0 Å². The van der Waals surface area contributed by atoms with E-state index in [4.69, 9.17) is 0 Å². The standard InChI is InChI=1S/C15H23N3O/c1-3-15(8-6-9-16-11-15)14(19)18-12(2)13-7-4-5-10-17-13/h4-5,7,10,12,16H,3,6,8-9,11H2,1-2H3,(H,18,19)/t12-,15?/m0/s1. The fraction of sp³-hybridized carbons (Fsp3) is 0.600. The van der Waals surface area contributed by atoms with Crippen LogP contribution in [0.4, 0.5) is 0 Å². The van der Waals surface area contributed by atoms with Crippen molar-refractivity contribution in [2.45, 2.75) is 39.2 Å². The van der Waals surface area contributed by atoms with Crippen LogP contribution in [0.25, 0.3) is 0 Å². The largest absolute Gasteiger partial charge is 0.347 e. The lowest BCUT2D eigenvalue weighted by atomic mass is 9.77. The van der Waals surface area contributed by atoms with Gasteiger partial charge < -0.3 is 10.6 Å². The molecule has 2 N–H and O–H groups in total. The predicted molar refractivity (Wildman–Crippen MR) is 75.6 cm³/mol. The second-order valence-corrected chi connectivity index (χ2v) is 5.36. The van der Waals surface area contributed by atoms with Gasteiger partial charge in [0.1, 0.15) is 0 Å². The van der Waals surface area contributed by atoms with E-state index < -0.39 is 0 Å². The van der Waals surface area contributed by atoms with Crippen molar-refractivity contribution in [3.8, 4) is 0 Å². The first-order valence-electron chi connectivity index (χ1n) is 7.10. The average molecular weight is 261 g/mol. The summed E-state index contributed by atoms with van der Waals surface area (Å²) in [5.74, 6) is 0.153. The Bertz CT molecular complexity index is 413. The van der Waals surface area contributed by atoms with E-state index in [-0.39, 0.29) is 17.4 Å². The number of hydrogen-bond acceptors (Lipinski definition) is 3. The lowest BCUT2D eigenvalue weighted by molar-refractivity contribution is -0.133. The number of carbonyl (C=O) groups excluding carboxylic acids is 1. The van der Waals surface area contributed by atoms with Gasteiger partial charge in [-0.1, -0.05) is 13.0 Å². The van der Waals surface area contributed by atoms with Crippen LogP contribution in [0.15, 0.2) is 24.4 Å². The number of pyridine rings is 1. The van der Waals surface area contributed by atoms with Gasteiger partial charge in [0.05, 0.1) is 17.2 Å². The number of rotatable bonds is 4. The lowest BCUT2D eigenvalue weighted by Crippen LogP contribution is -2.50. The molecule has 1 aromatic heterocycles. The Morgan fingerprint density at radius 1 is 1.58 bits per heavy atom. The highest BCUT2D eigenvalue weighted by Gasteiger charge is 2.38. The van der Waals surface area contributed by atoms with Gasteiger partial charge in [-0.3, -0.25) is 9.78 Å². The Kier molecular flexibility index (Phi) is 4.53. The van der Waals surface area contributed by atoms with Crippen molar-refractivity contribution in [1.29, 1.82) is 0 Å². The van der Waals surface area contributed by atoms with E-state index in [2.05, 4.69) is 22.5 Å². The summed E-state index contributed by atoms with van der Waals surface area (Å²) in [5.41, 5.74) is 0.659. The second kappa shape index (κ2) is 6.15. The maximum Gasteiger partial charge on any atom is 0.228 e. The Balaban J connectivity index is 2.03. The predicted octanol–water partition coefficient (Wildman–Crippen LogP) is 2.04. The molecular weight excluding hydrogens is 238 g/mol. The Morgan fingerprint density at radius 3 is 3.00 bits per heavy atom. The third kappa shape index (κ3) is 3.13. The maximum atomic E-state index is 12.6. The average Bonchev–Trinajstić information content (AvgIpc) is 2.48. The highest BCUT2D eigenvalue weighted by atomic mass is 16.2. The third-order valence-corrected chi connectivity index (χ3v) is 4.11. The molecule has 1 saturated heterocycles. The van der Waals surface area contributed by atoms with E-state index in [0.29, 0.717) is 0 Å². The fourth-order valence-electron chi connectivity index (χ4n) is 2.68. The summed E-state index contributed by atoms with van der Waals surface area (Å²) in [6, 6.07) is 5.74. The quantitative estimate of drug-likeness (QED) is 0.872. The van der Waals surface area contributed by atoms with Gasteiger partial charge in [0, 0.05) is 12.7 Å². The van der Waals surface area contributed by atoms with E-state index >= 15 is 0 Å². The number of aromatic nitrogens is 1. The number of hydrogen-bond donors (Lipinski definition) is 2. The first kappa shape index (κ1) is 14.0. The van der Waals surface area contributed by atoms with Crippen LogP contribution in [-0.2, 0) is 4.79 Å². The second-order valence-electron chi connectivity index (χ2n) is 5.36. The van der Waals surface area contributed by atoms with Gasteiger partial charge >= 0.3 is 0 Å². The number of nitrogens with zero attached hydrogens (tertiary/aromatic N) is 1. The van der Waals surface area contributed by atoms with E-state index in [1.54, 1.807) is 6.20 Å². The van der Waals surface area contributed by atoms with E-state index in [1.165, 1.54) is 0 Å². The first-order chi connectivity index (χ1) is 9.18. The zero-order valence-corrected chi connectivity index (χ0v) is 11.8. The van der Waals surface area contributed by atoms with Gasteiger partial charge in [0.25, 0.3) is 0 Å². The van der Waals surface area contributed by atoms with Gasteiger partial charge in [-0.05, 0) is 44.9 Å². The third-order valence-electron chi connectivity index (χ3n) is 4.11. The molecule has 2 heterocycles. The molecule has 1 aliphatic rings. The monoisotopic (exact) mass is 261 g/mol. The molecule has 1 aromatic rings. The molecule has 19 heavy (non-hydrogen) atoms. The highest BCUT2D eigenvalue weighted by Crippen LogP contribution is 2.31. The molecule has 4 nitrogen and oxygen atoms in total. The molecule has 2 atom stereocenters. The van der Waals surface area contributed by atoms with Crippen LogP contribution >= 0.6 is 0 Å². The first-order valence-corrected chi connectivity index (χ1v) is 7.10. The number of amides is 1. The van der Waals surface area contributed by atoms with Crippen molar-refractivity contribution in [1.82, 2.24) is 15.6 Å². The molecule has 0 spiro atoms. The highest BCUT2D eigenvalue weighted by molar-refractivity contribution is 5.83. The zero-order valence-electron chi connectivity index (χ0n) is 11.8. The Hall–Kier alpha value is -1.42. The molecule has 0 aromatic carbocycles. The zero-order chi connectivity index (χ0) is 13.7. The van der Waals surface area contributed by atoms with Crippen molar-refractivity contribution in [3.63, 3.8) is 0 Å². The van der Waals surface area contributed by atoms with Crippen LogP contribution in [-0.4, -0.2) is 24.0 Å². The van der Waals surface area contributed by atoms with Crippen molar-refractivity contribution >= 4 is 5.91 Å². The summed E-state index contributed by atoms with van der Waals surface area (Å²) in [6.07, 6.45) is 4.67. The van der Waals surface area contributed by atoms with Crippen LogP contribution in [0.2, 0.25) is 0 Å². The fourth-order valence-corrected chi connectivity index (χ4v) is 2.68. The smallest absolute Gasteiger partial charge is 0.228 e. The van der Waals surface area contributed by atoms with E-state index in [0.717, 1.165) is 38.0 Å². The summed E-state index contributed by atoms with van der Waals surface area (Å²) in [7, 11) is 0. The molecular formula is C15H23N3O. The van der Waals surface area contributed by atoms with E-state index in [1.807, 2.05) is 25.1 Å². The summed E-state index contributed by atoms with van der Waals surface area (Å²) >= 11 is 0. The van der Waals surface area contributed by atoms with Crippen molar-refractivity contribution in [2.24, 2.45) is 5.41 Å². The van der Waals surface area contributed by atoms with Crippen molar-refractivity contribution < 1.29 is 4.79 Å². The molecule has 2 rings (SSSR count). The Labute approximate surface area is 115 Å². The van der Waals surface area contributed by atoms with Crippen LogP contribution in [0.3, 0.4) is 0 Å². The molecule has 1 unspecified atom stereocenters. The summed E-state index contributed by atoms with van der Waals surface area (Å²) in [4.78, 5) is 16.9. The Morgan fingerprint density at radius 2 is 2.42 bits per heavy atom. The molecule has 0 saturated carbocycles. The summed E-state index contributed by atoms with van der Waals surface area (Å²) < 4.78 is 0. The topological polar surface area (TPSA) is 54.0 Å². The molecule has 0 bridgehead atoms. The summed E-state index contributed by atoms with van der Waals surface area (Å²) in [6.45, 7) is 5.88. The minimum atomic E-state index is -0.249. The number of nitrogens with one attached hydrogen (secondary N) is 2. The molecule has 4 heteroatoms. The molecule has 1 aliphatic heterocycles. The lowest BCUT2D eigenvalue weighted by Gasteiger charge is -2.36. The minimum absolute atomic E-state index is 0.0425. The van der Waals surface area contributed by atoms with Crippen LogP contribution in [0.5, 0.6) is 0 Å². The van der Waals surface area contributed by atoms with Crippen LogP contribution in [0.1, 0.15) is 44.8 Å². The van der Waals surface area contributed by atoms with Crippen LogP contribution < -0.4 is 10.6 Å². The van der Waals surface area contributed by atoms with Crippen molar-refractivity contribution in [2.75, 3.05) is 13.1 Å². The van der Waals surface area contributed by atoms with E-state index in [9.17, 15) is 4.79 Å². The molecule has 104 valence electrons. The number of carbonyl (C=O) groups is 1. The number of piperidine rings is 1. The van der Waals surface area contributed by atoms with Gasteiger partial charge in [0.15, 0.2) is 0 Å². The molecule has 0 aliphatic carbocycles. The van der Waals surface area contributed by atoms with Gasteiger partial charge in [-0.15, -0.1) is 0 Å². The molecule has 1 amide bonds. The SMILES string of the molecule is CCC1(C(=O)N[C@@H](C)c2ccccn2)CCCNC1. The van der Waals surface area contributed by atoms with Crippen LogP contribution in [0, 0.1) is 5.41 Å². The minimum Gasteiger partial charge on any atom is -0.347 e. The maximum absolute atomic E-state index is 12.6. The van der Waals surface area contributed by atoms with Crippen molar-refractivity contribution in [3.05, 3.63) is 30.1 Å². The van der Waals surface area contributed by atoms with Gasteiger partial charge in [-0.25, -0.2) is 0 Å². The normalized spacial score (nSPS) is 24.7. The van der Waals surface area contributed by atoms with Gasteiger partial charge in [0.2, 0.25) is 5.91 Å². The molecule has 1 fully saturated rings.